The summed E-state index contributed by atoms with van der Waals surface area (Å²) < 4.78 is 73.4. The van der Waals surface area contributed by atoms with Crippen LogP contribution in [0.4, 0.5) is 0 Å². The Morgan fingerprint density at radius 3 is 1.95 bits per heavy atom. The van der Waals surface area contributed by atoms with Crippen LogP contribution in [0.1, 0.15) is 121 Å². The van der Waals surface area contributed by atoms with E-state index in [1.54, 1.807) is 0 Å². The molecule has 0 radical (unpaired) electrons. The summed E-state index contributed by atoms with van der Waals surface area (Å²) in [7, 11) is 0. The number of phenols is 1. The maximum Gasteiger partial charge on any atom is 0.149 e. The zero-order valence-electron chi connectivity index (χ0n) is 46.0. The molecule has 0 spiro atoms. The van der Waals surface area contributed by atoms with Gasteiger partial charge in [0.15, 0.2) is 0 Å². The van der Waals surface area contributed by atoms with Gasteiger partial charge in [0.05, 0.1) is 37.6 Å². The van der Waals surface area contributed by atoms with Crippen LogP contribution in [-0.2, 0) is 16.2 Å². The second-order valence-electron chi connectivity index (χ2n) is 19.7. The molecule has 314 valence electrons. The summed E-state index contributed by atoms with van der Waals surface area (Å²) in [5.41, 5.74) is 8.68. The Kier molecular flexibility index (Phi) is 8.55. The van der Waals surface area contributed by atoms with Gasteiger partial charge in [-0.05, 0) is 116 Å². The molecule has 8 aromatic rings. The Morgan fingerprint density at radius 2 is 1.29 bits per heavy atom. The number of hydrogen-bond donors (Lipinski definition) is 1. The van der Waals surface area contributed by atoms with E-state index in [1.165, 1.54) is 6.92 Å². The van der Waals surface area contributed by atoms with Gasteiger partial charge in [0.25, 0.3) is 0 Å². The molecule has 2 heterocycles. The predicted molar refractivity (Wildman–Crippen MR) is 263 cm³/mol. The molecule has 62 heavy (non-hydrogen) atoms. The van der Waals surface area contributed by atoms with E-state index in [9.17, 15) is 6.48 Å². The molecule has 0 aliphatic heterocycles. The summed E-state index contributed by atoms with van der Waals surface area (Å²) in [6, 6.07) is 30.1. The molecule has 0 aliphatic carbocycles. The second-order valence-corrected chi connectivity index (χ2v) is 19.7. The van der Waals surface area contributed by atoms with Gasteiger partial charge in [0.2, 0.25) is 0 Å². The van der Waals surface area contributed by atoms with Gasteiger partial charge in [-0.1, -0.05) is 167 Å². The molecule has 8 rings (SSSR count). The lowest BCUT2D eigenvalue weighted by molar-refractivity contribution is 0.446. The highest BCUT2D eigenvalue weighted by Crippen LogP contribution is 2.46. The van der Waals surface area contributed by atoms with Crippen LogP contribution in [0.25, 0.3) is 72.7 Å². The Hall–Kier alpha value is -6.26. The normalized spacial score (nSPS) is 14.4. The number of nitrogens with zero attached hydrogens (tertiary/aromatic N) is 3. The Bertz CT molecular complexity index is 3370. The number of fused-ring (bicyclic) bond motifs is 1. The zero-order chi connectivity index (χ0) is 51.3. The first-order chi connectivity index (χ1) is 32.5. The quantitative estimate of drug-likeness (QED) is 0.174. The molecular formula is C58H61N3O. The number of rotatable bonds is 7. The Balaban J connectivity index is 1.49. The number of hydrogen-bond acceptors (Lipinski definition) is 3. The van der Waals surface area contributed by atoms with Crippen molar-refractivity contribution in [3.8, 4) is 67.5 Å². The third-order valence-electron chi connectivity index (χ3n) is 11.6. The second kappa shape index (κ2) is 15.9. The van der Waals surface area contributed by atoms with Crippen LogP contribution in [0.2, 0.25) is 0 Å². The average molecular weight is 824 g/mol. The Labute approximate surface area is 380 Å². The summed E-state index contributed by atoms with van der Waals surface area (Å²) in [6.45, 7) is 24.2. The van der Waals surface area contributed by atoms with Gasteiger partial charge in [0.1, 0.15) is 11.6 Å². The van der Waals surface area contributed by atoms with E-state index >= 15 is 0 Å². The number of phenolic OH excluding ortho intramolecular Hbond substituents is 1. The minimum atomic E-state index is -0.899. The van der Waals surface area contributed by atoms with Crippen LogP contribution in [0.3, 0.4) is 0 Å². The number of para-hydroxylation sites is 1. The summed E-state index contributed by atoms with van der Waals surface area (Å²) in [5.74, 6) is -0.254. The third kappa shape index (κ3) is 8.23. The molecule has 0 aliphatic rings. The van der Waals surface area contributed by atoms with Crippen molar-refractivity contribution in [1.82, 2.24) is 14.5 Å². The molecule has 2 aromatic heterocycles. The molecule has 1 N–H and O–H groups in total. The fourth-order valence-corrected chi connectivity index (χ4v) is 7.89. The van der Waals surface area contributed by atoms with E-state index in [4.69, 9.17) is 14.6 Å². The standard InChI is InChI=1S/C58H61N3O/c1-36(2)40-25-26-51(47(32-40)39-17-14-13-15-18-39)61-52-20-16-19-46(53(52)60-55(61)48-34-45(57(7,8)9)35-49(54(48)62)58(10,11)12)42-29-43(31-44(30-42)56(4,5)6)50-33-41(27-28-59-50)38-23-21-37(3)22-24-38/h13-36,62H,1-12H3/i21D,22D,23D,24D,27D,28D,33D,36D. The summed E-state index contributed by atoms with van der Waals surface area (Å²) in [5, 5.41) is 12.6. The summed E-state index contributed by atoms with van der Waals surface area (Å²) in [6.07, 6.45) is -0.465. The van der Waals surface area contributed by atoms with Crippen molar-refractivity contribution in [2.45, 2.75) is 105 Å². The number of imidazole rings is 1. The van der Waals surface area contributed by atoms with Gasteiger partial charge < -0.3 is 5.11 Å². The molecule has 0 saturated heterocycles. The van der Waals surface area contributed by atoms with Crippen molar-refractivity contribution in [2.75, 3.05) is 0 Å². The highest BCUT2D eigenvalue weighted by molar-refractivity contribution is 5.98. The van der Waals surface area contributed by atoms with Gasteiger partial charge >= 0.3 is 0 Å². The summed E-state index contributed by atoms with van der Waals surface area (Å²) >= 11 is 0. The van der Waals surface area contributed by atoms with Crippen LogP contribution in [0.15, 0.2) is 139 Å². The number of pyridine rings is 1. The number of aromatic hydroxyl groups is 1. The van der Waals surface area contributed by atoms with Crippen molar-refractivity contribution in [2.24, 2.45) is 0 Å². The third-order valence-corrected chi connectivity index (χ3v) is 11.6. The fourth-order valence-electron chi connectivity index (χ4n) is 7.89. The molecule has 6 aromatic carbocycles. The van der Waals surface area contributed by atoms with Gasteiger partial charge in [-0.2, -0.15) is 0 Å². The van der Waals surface area contributed by atoms with E-state index < -0.39 is 28.9 Å². The van der Waals surface area contributed by atoms with Crippen LogP contribution in [-0.4, -0.2) is 19.6 Å². The molecular weight excluding hydrogens is 755 g/mol. The average Bonchev–Trinajstić information content (AvgIpc) is 3.68. The van der Waals surface area contributed by atoms with Crippen LogP contribution >= 0.6 is 0 Å². The lowest BCUT2D eigenvalue weighted by atomic mass is 9.79. The molecule has 0 amide bonds. The molecule has 4 nitrogen and oxygen atoms in total. The van der Waals surface area contributed by atoms with Crippen molar-refractivity contribution in [3.63, 3.8) is 0 Å². The minimum Gasteiger partial charge on any atom is -0.507 e. The first-order valence-corrected chi connectivity index (χ1v) is 21.3. The van der Waals surface area contributed by atoms with Gasteiger partial charge in [-0.25, -0.2) is 4.98 Å². The van der Waals surface area contributed by atoms with Gasteiger partial charge in [-0.3, -0.25) is 9.55 Å². The lowest BCUT2D eigenvalue weighted by Crippen LogP contribution is -2.17. The van der Waals surface area contributed by atoms with Crippen molar-refractivity contribution in [1.29, 1.82) is 0 Å². The molecule has 0 atom stereocenters. The van der Waals surface area contributed by atoms with Crippen molar-refractivity contribution in [3.05, 3.63) is 167 Å². The highest BCUT2D eigenvalue weighted by Gasteiger charge is 2.29. The minimum absolute atomic E-state index is 0.0581. The van der Waals surface area contributed by atoms with Crippen LogP contribution in [0.5, 0.6) is 5.75 Å². The van der Waals surface area contributed by atoms with Crippen molar-refractivity contribution >= 4 is 11.0 Å². The Morgan fingerprint density at radius 1 is 0.613 bits per heavy atom. The van der Waals surface area contributed by atoms with E-state index in [0.717, 1.165) is 55.7 Å². The fraction of sp³-hybridized carbons (Fsp3) is 0.276. The first kappa shape index (κ1) is 33.4. The summed E-state index contributed by atoms with van der Waals surface area (Å²) in [4.78, 5) is 10.1. The molecule has 0 bridgehead atoms. The maximum absolute atomic E-state index is 12.6. The first-order valence-electron chi connectivity index (χ1n) is 25.3. The van der Waals surface area contributed by atoms with Crippen molar-refractivity contribution < 1.29 is 16.1 Å². The highest BCUT2D eigenvalue weighted by atomic mass is 16.3. The number of aromatic nitrogens is 3. The molecule has 0 fully saturated rings. The smallest absolute Gasteiger partial charge is 0.149 e. The monoisotopic (exact) mass is 824 g/mol. The van der Waals surface area contributed by atoms with Gasteiger partial charge in [-0.15, -0.1) is 0 Å². The molecule has 0 unspecified atom stereocenters. The lowest BCUT2D eigenvalue weighted by Gasteiger charge is -2.27. The van der Waals surface area contributed by atoms with E-state index in [-0.39, 0.29) is 63.8 Å². The van der Waals surface area contributed by atoms with E-state index in [0.29, 0.717) is 22.5 Å². The van der Waals surface area contributed by atoms with Gasteiger partial charge in [0, 0.05) is 29.8 Å². The largest absolute Gasteiger partial charge is 0.507 e. The molecule has 4 heteroatoms. The van der Waals surface area contributed by atoms with E-state index in [2.05, 4.69) is 102 Å². The SMILES string of the molecule is [2H]c1nc(-c2cc(-c3cccc4c3nc(-c3cc(C(C)(C)C)cc(C(C)(C)C)c3O)n4-c3ccc(C([2H])(C)C)cc3-c3ccccc3)cc(C(C)(C)C)c2)c([2H])c(-c2c([2H])c([2H])c(C)c([2H])c2[2H])c1[2H]. The zero-order valence-corrected chi connectivity index (χ0v) is 38.0. The topological polar surface area (TPSA) is 50.9 Å². The van der Waals surface area contributed by atoms with Crippen LogP contribution < -0.4 is 0 Å². The predicted octanol–water partition coefficient (Wildman–Crippen LogP) is 15.8. The maximum atomic E-state index is 12.6. The number of benzene rings is 6. The molecule has 0 saturated carbocycles. The van der Waals surface area contributed by atoms with Crippen LogP contribution in [0, 0.1) is 6.92 Å². The van der Waals surface area contributed by atoms with E-state index in [1.807, 2.05) is 80.6 Å².